The molecule has 0 amide bonds. The molecule has 0 spiro atoms. The Balaban J connectivity index is 2.62. The average molecular weight is 274 g/mol. The lowest BCUT2D eigenvalue weighted by molar-refractivity contribution is -0.139. The highest BCUT2D eigenvalue weighted by molar-refractivity contribution is 7.99. The largest absolute Gasteiger partial charge is 0.469 e. The Bertz CT molecular complexity index is 385. The normalized spacial score (nSPS) is 10.3. The Morgan fingerprint density at radius 2 is 2.29 bits per heavy atom. The molecule has 0 radical (unpaired) electrons. The molecule has 0 aromatic heterocycles. The maximum absolute atomic E-state index is 11.1. The zero-order valence-electron chi connectivity index (χ0n) is 9.96. The lowest BCUT2D eigenvalue weighted by Crippen LogP contribution is -2.09. The number of halogens is 1. The van der Waals surface area contributed by atoms with Gasteiger partial charge in [-0.25, -0.2) is 0 Å². The fourth-order valence-electron chi connectivity index (χ4n) is 1.27. The highest BCUT2D eigenvalue weighted by Gasteiger charge is 2.06. The van der Waals surface area contributed by atoms with Crippen LogP contribution in [0.1, 0.15) is 5.56 Å². The smallest absolute Gasteiger partial charge is 0.309 e. The van der Waals surface area contributed by atoms with Crippen LogP contribution in [0.25, 0.3) is 0 Å². The fourth-order valence-corrected chi connectivity index (χ4v) is 2.53. The number of nitrogens with one attached hydrogen (secondary N) is 1. The van der Waals surface area contributed by atoms with E-state index in [0.29, 0.717) is 5.02 Å². The number of carbonyl (C=O) groups is 1. The predicted molar refractivity (Wildman–Crippen MR) is 71.8 cm³/mol. The van der Waals surface area contributed by atoms with Crippen molar-refractivity contribution in [3.63, 3.8) is 0 Å². The number of rotatable bonds is 6. The molecule has 0 aliphatic heterocycles. The third-order valence-corrected chi connectivity index (χ3v) is 3.68. The van der Waals surface area contributed by atoms with E-state index in [9.17, 15) is 4.79 Å². The van der Waals surface area contributed by atoms with Gasteiger partial charge >= 0.3 is 5.97 Å². The Morgan fingerprint density at radius 3 is 2.88 bits per heavy atom. The number of esters is 1. The zero-order valence-corrected chi connectivity index (χ0v) is 11.5. The van der Waals surface area contributed by atoms with Crippen molar-refractivity contribution in [3.8, 4) is 0 Å². The third-order valence-electron chi connectivity index (χ3n) is 2.18. The van der Waals surface area contributed by atoms with Crippen LogP contribution in [0.15, 0.2) is 23.1 Å². The first-order valence-electron chi connectivity index (χ1n) is 5.30. The molecule has 5 heteroatoms. The Morgan fingerprint density at radius 1 is 1.53 bits per heavy atom. The van der Waals surface area contributed by atoms with E-state index in [1.165, 1.54) is 7.11 Å². The van der Waals surface area contributed by atoms with Gasteiger partial charge < -0.3 is 10.1 Å². The Kier molecular flexibility index (Phi) is 6.40. The molecule has 1 aromatic carbocycles. The molecular formula is C12H16ClNO2S. The topological polar surface area (TPSA) is 38.3 Å². The first-order valence-corrected chi connectivity index (χ1v) is 6.66. The lowest BCUT2D eigenvalue weighted by atomic mass is 10.1. The average Bonchev–Trinajstić information content (AvgIpc) is 2.32. The number of ether oxygens (including phenoxy) is 1. The van der Waals surface area contributed by atoms with Gasteiger partial charge in [0.2, 0.25) is 0 Å². The van der Waals surface area contributed by atoms with Crippen LogP contribution in [0.2, 0.25) is 5.02 Å². The molecule has 0 bridgehead atoms. The monoisotopic (exact) mass is 273 g/mol. The van der Waals surface area contributed by atoms with Crippen molar-refractivity contribution in [1.29, 1.82) is 0 Å². The van der Waals surface area contributed by atoms with Crippen LogP contribution >= 0.6 is 23.4 Å². The summed E-state index contributed by atoms with van der Waals surface area (Å²) < 4.78 is 4.61. The van der Waals surface area contributed by atoms with Gasteiger partial charge in [-0.3, -0.25) is 4.79 Å². The molecule has 0 saturated carbocycles. The van der Waals surface area contributed by atoms with Crippen LogP contribution in [0.4, 0.5) is 0 Å². The molecule has 3 nitrogen and oxygen atoms in total. The molecule has 0 heterocycles. The molecule has 1 aromatic rings. The first-order chi connectivity index (χ1) is 8.17. The van der Waals surface area contributed by atoms with Gasteiger partial charge in [0, 0.05) is 17.2 Å². The number of thioether (sulfide) groups is 1. The van der Waals surface area contributed by atoms with E-state index in [1.54, 1.807) is 11.8 Å². The van der Waals surface area contributed by atoms with Crippen LogP contribution in [0, 0.1) is 0 Å². The standard InChI is InChI=1S/C12H16ClNO2S/c1-14-5-6-17-11-4-3-9(7-10(11)13)8-12(15)16-2/h3-4,7,14H,5-6,8H2,1-2H3. The van der Waals surface area contributed by atoms with Crippen LogP contribution < -0.4 is 5.32 Å². The predicted octanol–water partition coefficient (Wildman–Crippen LogP) is 2.37. The summed E-state index contributed by atoms with van der Waals surface area (Å²) in [6, 6.07) is 5.67. The number of methoxy groups -OCH3 is 1. The molecule has 1 rings (SSSR count). The summed E-state index contributed by atoms with van der Waals surface area (Å²) in [4.78, 5) is 12.1. The van der Waals surface area contributed by atoms with Crippen molar-refractivity contribution in [2.75, 3.05) is 26.5 Å². The minimum Gasteiger partial charge on any atom is -0.469 e. The molecule has 1 N–H and O–H groups in total. The summed E-state index contributed by atoms with van der Waals surface area (Å²) in [6.45, 7) is 0.935. The van der Waals surface area contributed by atoms with E-state index in [0.717, 1.165) is 22.8 Å². The second-order valence-corrected chi connectivity index (χ2v) is 5.01. The van der Waals surface area contributed by atoms with Crippen molar-refractivity contribution in [2.45, 2.75) is 11.3 Å². The van der Waals surface area contributed by atoms with E-state index in [4.69, 9.17) is 11.6 Å². The third kappa shape index (κ3) is 4.98. The quantitative estimate of drug-likeness (QED) is 0.491. The fraction of sp³-hybridized carbons (Fsp3) is 0.417. The van der Waals surface area contributed by atoms with Crippen LogP contribution in [-0.4, -0.2) is 32.4 Å². The van der Waals surface area contributed by atoms with Crippen molar-refractivity contribution in [2.24, 2.45) is 0 Å². The molecule has 0 saturated heterocycles. The van der Waals surface area contributed by atoms with Crippen LogP contribution in [-0.2, 0) is 16.0 Å². The summed E-state index contributed by atoms with van der Waals surface area (Å²) in [6.07, 6.45) is 0.262. The van der Waals surface area contributed by atoms with E-state index in [1.807, 2.05) is 25.2 Å². The summed E-state index contributed by atoms with van der Waals surface area (Å²) >= 11 is 7.84. The molecule has 94 valence electrons. The van der Waals surface area contributed by atoms with Gasteiger partial charge in [-0.15, -0.1) is 11.8 Å². The zero-order chi connectivity index (χ0) is 12.7. The summed E-state index contributed by atoms with van der Waals surface area (Å²) in [5.74, 6) is 0.712. The minimum atomic E-state index is -0.253. The molecular weight excluding hydrogens is 258 g/mol. The van der Waals surface area contributed by atoms with Gasteiger partial charge in [0.15, 0.2) is 0 Å². The molecule has 0 aliphatic carbocycles. The van der Waals surface area contributed by atoms with Gasteiger partial charge in [-0.1, -0.05) is 17.7 Å². The number of hydrogen-bond donors (Lipinski definition) is 1. The summed E-state index contributed by atoms with van der Waals surface area (Å²) in [7, 11) is 3.30. The van der Waals surface area contributed by atoms with Gasteiger partial charge in [0.25, 0.3) is 0 Å². The van der Waals surface area contributed by atoms with Crippen LogP contribution in [0.3, 0.4) is 0 Å². The van der Waals surface area contributed by atoms with Crippen molar-refractivity contribution >= 4 is 29.3 Å². The van der Waals surface area contributed by atoms with Gasteiger partial charge in [0.05, 0.1) is 18.6 Å². The summed E-state index contributed by atoms with van der Waals surface area (Å²) in [5.41, 5.74) is 0.875. The molecule has 0 atom stereocenters. The second kappa shape index (κ2) is 7.58. The second-order valence-electron chi connectivity index (χ2n) is 3.47. The minimum absolute atomic E-state index is 0.253. The highest BCUT2D eigenvalue weighted by Crippen LogP contribution is 2.27. The number of hydrogen-bond acceptors (Lipinski definition) is 4. The highest BCUT2D eigenvalue weighted by atomic mass is 35.5. The number of benzene rings is 1. The molecule has 0 unspecified atom stereocenters. The van der Waals surface area contributed by atoms with Crippen LogP contribution in [0.5, 0.6) is 0 Å². The van der Waals surface area contributed by atoms with E-state index in [-0.39, 0.29) is 12.4 Å². The molecule has 17 heavy (non-hydrogen) atoms. The van der Waals surface area contributed by atoms with E-state index < -0.39 is 0 Å². The number of carbonyl (C=O) groups excluding carboxylic acids is 1. The van der Waals surface area contributed by atoms with E-state index >= 15 is 0 Å². The first kappa shape index (κ1) is 14.4. The Hall–Kier alpha value is -0.710. The van der Waals surface area contributed by atoms with Crippen molar-refractivity contribution < 1.29 is 9.53 Å². The maximum atomic E-state index is 11.1. The van der Waals surface area contributed by atoms with Gasteiger partial charge in [0.1, 0.15) is 0 Å². The SMILES string of the molecule is CNCCSc1ccc(CC(=O)OC)cc1Cl. The Labute approximate surface area is 111 Å². The van der Waals surface area contributed by atoms with Crippen molar-refractivity contribution in [1.82, 2.24) is 5.32 Å². The van der Waals surface area contributed by atoms with E-state index in [2.05, 4.69) is 10.1 Å². The molecule has 0 aliphatic rings. The van der Waals surface area contributed by atoms with Crippen molar-refractivity contribution in [3.05, 3.63) is 28.8 Å². The maximum Gasteiger partial charge on any atom is 0.309 e. The lowest BCUT2D eigenvalue weighted by Gasteiger charge is -2.06. The summed E-state index contributed by atoms with van der Waals surface area (Å²) in [5, 5.41) is 3.76. The van der Waals surface area contributed by atoms with Gasteiger partial charge in [-0.2, -0.15) is 0 Å². The van der Waals surface area contributed by atoms with Gasteiger partial charge in [-0.05, 0) is 24.7 Å². The molecule has 0 fully saturated rings.